The molecule has 0 N–H and O–H groups in total. The molecule has 1 atom stereocenters. The van der Waals surface area contributed by atoms with Crippen LogP contribution in [0.1, 0.15) is 42.8 Å². The van der Waals surface area contributed by atoms with Crippen LogP contribution in [-0.4, -0.2) is 63.3 Å². The number of nitrogens with zero attached hydrogens (tertiary/aromatic N) is 6. The SMILES string of the molecule is CCCC(c1nnnn1Cc1ccc(F)cc1)N1CCN(Cc2ccccc2OC)CC1.Cl. The number of rotatable bonds is 9. The Morgan fingerprint density at radius 2 is 1.73 bits per heavy atom. The maximum absolute atomic E-state index is 13.3. The van der Waals surface area contributed by atoms with Crippen molar-refractivity contribution in [2.45, 2.75) is 38.9 Å². The van der Waals surface area contributed by atoms with Gasteiger partial charge in [0, 0.05) is 38.3 Å². The number of benzene rings is 2. The monoisotopic (exact) mass is 474 g/mol. The first kappa shape index (κ1) is 25.1. The van der Waals surface area contributed by atoms with Gasteiger partial charge in [0.15, 0.2) is 5.82 Å². The summed E-state index contributed by atoms with van der Waals surface area (Å²) in [5.74, 6) is 1.59. The van der Waals surface area contributed by atoms with Gasteiger partial charge < -0.3 is 4.74 Å². The summed E-state index contributed by atoms with van der Waals surface area (Å²) in [7, 11) is 1.72. The second-order valence-electron chi connectivity index (χ2n) is 8.25. The van der Waals surface area contributed by atoms with Crippen molar-refractivity contribution in [3.8, 4) is 5.75 Å². The van der Waals surface area contributed by atoms with Crippen LogP contribution in [0.15, 0.2) is 48.5 Å². The first-order valence-corrected chi connectivity index (χ1v) is 11.3. The number of piperazine rings is 1. The van der Waals surface area contributed by atoms with Crippen LogP contribution in [0.2, 0.25) is 0 Å². The molecule has 0 spiro atoms. The van der Waals surface area contributed by atoms with Crippen LogP contribution in [0.25, 0.3) is 0 Å². The molecule has 0 radical (unpaired) electrons. The molecular weight excluding hydrogens is 443 g/mol. The quantitative estimate of drug-likeness (QED) is 0.468. The predicted octanol–water partition coefficient (Wildman–Crippen LogP) is 3.95. The van der Waals surface area contributed by atoms with E-state index in [2.05, 4.69) is 44.4 Å². The van der Waals surface area contributed by atoms with Crippen molar-refractivity contribution in [1.82, 2.24) is 30.0 Å². The third-order valence-electron chi connectivity index (χ3n) is 6.10. The molecule has 4 rings (SSSR count). The fraction of sp³-hybridized carbons (Fsp3) is 0.458. The summed E-state index contributed by atoms with van der Waals surface area (Å²) in [5, 5.41) is 12.6. The molecule has 178 valence electrons. The Labute approximate surface area is 200 Å². The largest absolute Gasteiger partial charge is 0.496 e. The molecule has 1 fully saturated rings. The molecule has 1 aliphatic rings. The van der Waals surface area contributed by atoms with Crippen LogP contribution >= 0.6 is 12.4 Å². The van der Waals surface area contributed by atoms with Crippen molar-refractivity contribution in [1.29, 1.82) is 0 Å². The van der Waals surface area contributed by atoms with Gasteiger partial charge in [-0.05, 0) is 40.6 Å². The van der Waals surface area contributed by atoms with Gasteiger partial charge >= 0.3 is 0 Å². The Bertz CT molecular complexity index is 991. The molecule has 0 aliphatic carbocycles. The van der Waals surface area contributed by atoms with Gasteiger partial charge in [-0.25, -0.2) is 9.07 Å². The maximum atomic E-state index is 13.3. The Hall–Kier alpha value is -2.55. The number of aromatic nitrogens is 4. The van der Waals surface area contributed by atoms with Gasteiger partial charge in [-0.1, -0.05) is 43.7 Å². The minimum atomic E-state index is -0.236. The molecule has 2 aromatic carbocycles. The van der Waals surface area contributed by atoms with Crippen LogP contribution in [0.4, 0.5) is 4.39 Å². The van der Waals surface area contributed by atoms with E-state index in [0.29, 0.717) is 6.54 Å². The number of halogens is 2. The lowest BCUT2D eigenvalue weighted by atomic mass is 10.1. The van der Waals surface area contributed by atoms with E-state index in [4.69, 9.17) is 4.74 Å². The molecular formula is C24H32ClFN6O. The fourth-order valence-corrected chi connectivity index (χ4v) is 4.38. The average Bonchev–Trinajstić information content (AvgIpc) is 3.28. The number of hydrogen-bond donors (Lipinski definition) is 0. The third-order valence-corrected chi connectivity index (χ3v) is 6.10. The van der Waals surface area contributed by atoms with Gasteiger partial charge in [0.25, 0.3) is 0 Å². The molecule has 0 saturated carbocycles. The number of ether oxygens (including phenoxy) is 1. The van der Waals surface area contributed by atoms with E-state index in [0.717, 1.165) is 62.7 Å². The van der Waals surface area contributed by atoms with Crippen LogP contribution in [0.3, 0.4) is 0 Å². The van der Waals surface area contributed by atoms with Crippen molar-refractivity contribution >= 4 is 12.4 Å². The van der Waals surface area contributed by atoms with E-state index >= 15 is 0 Å². The highest BCUT2D eigenvalue weighted by atomic mass is 35.5. The topological polar surface area (TPSA) is 59.3 Å². The minimum Gasteiger partial charge on any atom is -0.496 e. The summed E-state index contributed by atoms with van der Waals surface area (Å²) >= 11 is 0. The lowest BCUT2D eigenvalue weighted by molar-refractivity contribution is 0.0816. The smallest absolute Gasteiger partial charge is 0.168 e. The van der Waals surface area contributed by atoms with Gasteiger partial charge in [0.2, 0.25) is 0 Å². The van der Waals surface area contributed by atoms with Gasteiger partial charge in [0.05, 0.1) is 19.7 Å². The highest BCUT2D eigenvalue weighted by molar-refractivity contribution is 5.85. The summed E-state index contributed by atoms with van der Waals surface area (Å²) < 4.78 is 20.6. The van der Waals surface area contributed by atoms with Crippen LogP contribution in [0, 0.1) is 5.82 Å². The van der Waals surface area contributed by atoms with E-state index in [1.807, 2.05) is 16.8 Å². The van der Waals surface area contributed by atoms with Crippen LogP contribution < -0.4 is 4.74 Å². The zero-order chi connectivity index (χ0) is 22.3. The lowest BCUT2D eigenvalue weighted by Crippen LogP contribution is -2.47. The first-order valence-electron chi connectivity index (χ1n) is 11.3. The molecule has 1 aliphatic heterocycles. The Balaban J connectivity index is 0.00000306. The second-order valence-corrected chi connectivity index (χ2v) is 8.25. The van der Waals surface area contributed by atoms with E-state index in [1.54, 1.807) is 19.2 Å². The predicted molar refractivity (Wildman–Crippen MR) is 128 cm³/mol. The molecule has 1 aromatic heterocycles. The number of hydrogen-bond acceptors (Lipinski definition) is 6. The fourth-order valence-electron chi connectivity index (χ4n) is 4.38. The number of methoxy groups -OCH3 is 1. The first-order chi connectivity index (χ1) is 15.7. The van der Waals surface area contributed by atoms with E-state index in [-0.39, 0.29) is 24.3 Å². The highest BCUT2D eigenvalue weighted by Crippen LogP contribution is 2.27. The van der Waals surface area contributed by atoms with Gasteiger partial charge in [0.1, 0.15) is 11.6 Å². The molecule has 9 heteroatoms. The lowest BCUT2D eigenvalue weighted by Gasteiger charge is -2.38. The Kier molecular flexibility index (Phi) is 9.17. The summed E-state index contributed by atoms with van der Waals surface area (Å²) in [4.78, 5) is 4.97. The van der Waals surface area contributed by atoms with E-state index in [1.165, 1.54) is 17.7 Å². The Morgan fingerprint density at radius 1 is 1.00 bits per heavy atom. The van der Waals surface area contributed by atoms with Crippen molar-refractivity contribution in [2.24, 2.45) is 0 Å². The van der Waals surface area contributed by atoms with Crippen molar-refractivity contribution in [3.63, 3.8) is 0 Å². The average molecular weight is 475 g/mol. The third kappa shape index (κ3) is 6.28. The zero-order valence-electron chi connectivity index (χ0n) is 19.2. The second kappa shape index (κ2) is 12.1. The normalized spacial score (nSPS) is 15.7. The standard InChI is InChI=1S/C24H31FN6O.ClH/c1-3-6-22(24-26-27-28-31(24)17-19-9-11-21(25)12-10-19)30-15-13-29(14-16-30)18-20-7-4-5-8-23(20)32-2;/h4-5,7-12,22H,3,6,13-18H2,1-2H3;1H. The van der Waals surface area contributed by atoms with Crippen LogP contribution in [0.5, 0.6) is 5.75 Å². The maximum Gasteiger partial charge on any atom is 0.168 e. The summed E-state index contributed by atoms with van der Waals surface area (Å²) in [6.07, 6.45) is 2.05. The molecule has 7 nitrogen and oxygen atoms in total. The minimum absolute atomic E-state index is 0. The van der Waals surface area contributed by atoms with Crippen molar-refractivity contribution < 1.29 is 9.13 Å². The summed E-state index contributed by atoms with van der Waals surface area (Å²) in [5.41, 5.74) is 2.20. The molecule has 0 amide bonds. The summed E-state index contributed by atoms with van der Waals surface area (Å²) in [6, 6.07) is 14.9. The molecule has 1 saturated heterocycles. The zero-order valence-corrected chi connectivity index (χ0v) is 20.0. The van der Waals surface area contributed by atoms with E-state index < -0.39 is 0 Å². The van der Waals surface area contributed by atoms with Crippen molar-refractivity contribution in [3.05, 3.63) is 71.3 Å². The molecule has 2 heterocycles. The molecule has 0 bridgehead atoms. The Morgan fingerprint density at radius 3 is 2.42 bits per heavy atom. The van der Waals surface area contributed by atoms with Gasteiger partial charge in [-0.3, -0.25) is 9.80 Å². The van der Waals surface area contributed by atoms with Gasteiger partial charge in [-0.2, -0.15) is 0 Å². The van der Waals surface area contributed by atoms with Gasteiger partial charge in [-0.15, -0.1) is 17.5 Å². The summed E-state index contributed by atoms with van der Waals surface area (Å²) in [6.45, 7) is 7.51. The van der Waals surface area contributed by atoms with E-state index in [9.17, 15) is 4.39 Å². The molecule has 1 unspecified atom stereocenters. The van der Waals surface area contributed by atoms with Crippen LogP contribution in [-0.2, 0) is 13.1 Å². The number of para-hydroxylation sites is 1. The van der Waals surface area contributed by atoms with Crippen molar-refractivity contribution in [2.75, 3.05) is 33.3 Å². The highest BCUT2D eigenvalue weighted by Gasteiger charge is 2.28. The molecule has 33 heavy (non-hydrogen) atoms. The molecule has 3 aromatic rings. The number of tetrazole rings is 1.